The van der Waals surface area contributed by atoms with E-state index in [2.05, 4.69) is 15.5 Å². The van der Waals surface area contributed by atoms with Crippen LogP contribution in [0.2, 0.25) is 0 Å². The average Bonchev–Trinajstić information content (AvgIpc) is 2.63. The van der Waals surface area contributed by atoms with Gasteiger partial charge in [-0.15, -0.1) is 0 Å². The minimum atomic E-state index is -0.129. The maximum Gasteiger partial charge on any atom is 0.255 e. The number of rotatable bonds is 3. The summed E-state index contributed by atoms with van der Waals surface area (Å²) in [6.45, 7) is 2.87. The van der Waals surface area contributed by atoms with Gasteiger partial charge in [0.2, 0.25) is 5.91 Å². The van der Waals surface area contributed by atoms with Gasteiger partial charge < -0.3 is 15.3 Å². The number of carbonyl (C=O) groups is 2. The third-order valence-corrected chi connectivity index (χ3v) is 4.31. The number of aromatic nitrogens is 2. The number of anilines is 1. The fourth-order valence-electron chi connectivity index (χ4n) is 2.91. The van der Waals surface area contributed by atoms with Crippen molar-refractivity contribution in [1.29, 1.82) is 0 Å². The van der Waals surface area contributed by atoms with Gasteiger partial charge in [-0.3, -0.25) is 9.59 Å². The molecule has 2 aromatic rings. The van der Waals surface area contributed by atoms with Crippen LogP contribution in [0.15, 0.2) is 36.5 Å². The Hall–Kier alpha value is -2.96. The first-order chi connectivity index (χ1) is 12.0. The molecule has 1 aromatic carbocycles. The molecule has 0 spiro atoms. The molecule has 7 nitrogen and oxygen atoms in total. The van der Waals surface area contributed by atoms with Gasteiger partial charge in [-0.25, -0.2) is 0 Å². The minimum absolute atomic E-state index is 0.0563. The molecular weight excluding hydrogens is 320 g/mol. The third-order valence-electron chi connectivity index (χ3n) is 4.31. The Kier molecular flexibility index (Phi) is 4.92. The lowest BCUT2D eigenvalue weighted by Crippen LogP contribution is -2.41. The first-order valence-electron chi connectivity index (χ1n) is 8.21. The summed E-state index contributed by atoms with van der Waals surface area (Å²) in [4.78, 5) is 26.6. The molecule has 1 saturated heterocycles. The van der Waals surface area contributed by atoms with E-state index in [0.717, 1.165) is 0 Å². The van der Waals surface area contributed by atoms with E-state index in [-0.39, 0.29) is 23.5 Å². The van der Waals surface area contributed by atoms with Gasteiger partial charge in [-0.05, 0) is 50.1 Å². The molecule has 0 aliphatic carbocycles. The molecule has 2 heterocycles. The maximum absolute atomic E-state index is 12.5. The van der Waals surface area contributed by atoms with Crippen LogP contribution in [0.25, 0.3) is 0 Å². The number of nitrogens with one attached hydrogen (secondary N) is 1. The predicted octanol–water partition coefficient (Wildman–Crippen LogP) is 1.98. The van der Waals surface area contributed by atoms with Crippen molar-refractivity contribution in [2.24, 2.45) is 5.92 Å². The van der Waals surface area contributed by atoms with Crippen molar-refractivity contribution >= 4 is 17.5 Å². The lowest BCUT2D eigenvalue weighted by molar-refractivity contribution is -0.121. The fraction of sp³-hybridized carbons (Fsp3) is 0.333. The fourth-order valence-corrected chi connectivity index (χ4v) is 2.91. The Morgan fingerprint density at radius 2 is 1.88 bits per heavy atom. The van der Waals surface area contributed by atoms with Crippen molar-refractivity contribution < 1.29 is 14.7 Å². The Morgan fingerprint density at radius 1 is 1.20 bits per heavy atom. The van der Waals surface area contributed by atoms with Gasteiger partial charge in [-0.2, -0.15) is 10.2 Å². The van der Waals surface area contributed by atoms with Gasteiger partial charge in [0.25, 0.3) is 5.91 Å². The molecule has 0 atom stereocenters. The molecule has 1 aromatic heterocycles. The number of hydrogen-bond acceptors (Lipinski definition) is 5. The predicted molar refractivity (Wildman–Crippen MR) is 92.1 cm³/mol. The second-order valence-corrected chi connectivity index (χ2v) is 6.19. The summed E-state index contributed by atoms with van der Waals surface area (Å²) in [5, 5.41) is 19.8. The largest absolute Gasteiger partial charge is 0.508 e. The highest BCUT2D eigenvalue weighted by molar-refractivity contribution is 5.95. The Bertz CT molecular complexity index is 768. The summed E-state index contributed by atoms with van der Waals surface area (Å²) in [7, 11) is 0. The Morgan fingerprint density at radius 3 is 2.52 bits per heavy atom. The summed E-state index contributed by atoms with van der Waals surface area (Å²) in [5.41, 5.74) is 1.88. The zero-order valence-corrected chi connectivity index (χ0v) is 14.0. The number of likely N-dealkylation sites (tertiary alicyclic amines) is 1. The first kappa shape index (κ1) is 16.9. The molecule has 0 bridgehead atoms. The first-order valence-corrected chi connectivity index (χ1v) is 8.21. The Balaban J connectivity index is 1.55. The van der Waals surface area contributed by atoms with Crippen molar-refractivity contribution in [3.8, 4) is 5.75 Å². The molecule has 2 amide bonds. The molecule has 1 aliphatic heterocycles. The standard InChI is InChI=1S/C18H20N4O3/c1-12-10-14(11-19-21-12)18(25)22-8-6-13(7-9-22)17(24)20-15-2-4-16(23)5-3-15/h2-5,10-11,13,23H,6-9H2,1H3,(H,20,24). The molecule has 7 heteroatoms. The van der Waals surface area contributed by atoms with Crippen LogP contribution in [0.5, 0.6) is 5.75 Å². The van der Waals surface area contributed by atoms with E-state index in [4.69, 9.17) is 0 Å². The van der Waals surface area contributed by atoms with E-state index in [1.165, 1.54) is 18.3 Å². The molecule has 3 rings (SSSR count). The third kappa shape index (κ3) is 4.12. The number of piperidine rings is 1. The van der Waals surface area contributed by atoms with Crippen molar-refractivity contribution in [2.75, 3.05) is 18.4 Å². The van der Waals surface area contributed by atoms with Crippen molar-refractivity contribution in [3.05, 3.63) is 47.8 Å². The maximum atomic E-state index is 12.5. The SMILES string of the molecule is Cc1cc(C(=O)N2CCC(C(=O)Nc3ccc(O)cc3)CC2)cnn1. The summed E-state index contributed by atoms with van der Waals surface area (Å²) in [6, 6.07) is 8.09. The van der Waals surface area contributed by atoms with Crippen molar-refractivity contribution in [3.63, 3.8) is 0 Å². The lowest BCUT2D eigenvalue weighted by atomic mass is 9.95. The number of aromatic hydroxyl groups is 1. The van der Waals surface area contributed by atoms with Gasteiger partial charge in [-0.1, -0.05) is 0 Å². The molecule has 1 aliphatic rings. The highest BCUT2D eigenvalue weighted by atomic mass is 16.3. The van der Waals surface area contributed by atoms with E-state index in [1.807, 2.05) is 0 Å². The van der Waals surface area contributed by atoms with E-state index in [9.17, 15) is 14.7 Å². The van der Waals surface area contributed by atoms with Crippen LogP contribution in [-0.2, 0) is 4.79 Å². The van der Waals surface area contributed by atoms with Gasteiger partial charge >= 0.3 is 0 Å². The number of amides is 2. The molecule has 0 radical (unpaired) electrons. The van der Waals surface area contributed by atoms with Gasteiger partial charge in [0, 0.05) is 24.7 Å². The molecule has 0 unspecified atom stereocenters. The highest BCUT2D eigenvalue weighted by Gasteiger charge is 2.28. The number of aryl methyl sites for hydroxylation is 1. The van der Waals surface area contributed by atoms with E-state index in [1.54, 1.807) is 30.0 Å². The minimum Gasteiger partial charge on any atom is -0.508 e. The topological polar surface area (TPSA) is 95.4 Å². The molecule has 130 valence electrons. The molecule has 1 fully saturated rings. The quantitative estimate of drug-likeness (QED) is 0.833. The molecule has 2 N–H and O–H groups in total. The summed E-state index contributed by atoms with van der Waals surface area (Å²) in [5.74, 6) is -0.101. The van der Waals surface area contributed by atoms with Crippen LogP contribution in [0, 0.1) is 12.8 Å². The summed E-state index contributed by atoms with van der Waals surface area (Å²) >= 11 is 0. The highest BCUT2D eigenvalue weighted by Crippen LogP contribution is 2.21. The van der Waals surface area contributed by atoms with E-state index < -0.39 is 0 Å². The van der Waals surface area contributed by atoms with E-state index >= 15 is 0 Å². The molecule has 25 heavy (non-hydrogen) atoms. The number of nitrogens with zero attached hydrogens (tertiary/aromatic N) is 3. The second kappa shape index (κ2) is 7.29. The van der Waals surface area contributed by atoms with Gasteiger partial charge in [0.15, 0.2) is 0 Å². The van der Waals surface area contributed by atoms with Gasteiger partial charge in [0.1, 0.15) is 5.75 Å². The van der Waals surface area contributed by atoms with Gasteiger partial charge in [0.05, 0.1) is 17.5 Å². The van der Waals surface area contributed by atoms with Crippen LogP contribution in [0.4, 0.5) is 5.69 Å². The summed E-state index contributed by atoms with van der Waals surface area (Å²) in [6.07, 6.45) is 2.71. The zero-order valence-electron chi connectivity index (χ0n) is 14.0. The number of benzene rings is 1. The lowest BCUT2D eigenvalue weighted by Gasteiger charge is -2.31. The van der Waals surface area contributed by atoms with Crippen molar-refractivity contribution in [2.45, 2.75) is 19.8 Å². The smallest absolute Gasteiger partial charge is 0.255 e. The number of phenols is 1. The van der Waals surface area contributed by atoms with Crippen LogP contribution in [0.1, 0.15) is 28.9 Å². The molecular formula is C18H20N4O3. The second-order valence-electron chi connectivity index (χ2n) is 6.19. The number of carbonyl (C=O) groups excluding carboxylic acids is 2. The molecule has 0 saturated carbocycles. The number of phenolic OH excluding ortho intramolecular Hbond substituents is 1. The monoisotopic (exact) mass is 340 g/mol. The van der Waals surface area contributed by atoms with Crippen LogP contribution in [0.3, 0.4) is 0 Å². The van der Waals surface area contributed by atoms with E-state index in [0.29, 0.717) is 42.9 Å². The Labute approximate surface area is 145 Å². The van der Waals surface area contributed by atoms with Crippen LogP contribution < -0.4 is 5.32 Å². The zero-order chi connectivity index (χ0) is 17.8. The normalized spacial score (nSPS) is 15.0. The number of hydrogen-bond donors (Lipinski definition) is 2. The van der Waals surface area contributed by atoms with Crippen LogP contribution >= 0.6 is 0 Å². The van der Waals surface area contributed by atoms with Crippen molar-refractivity contribution in [1.82, 2.24) is 15.1 Å². The average molecular weight is 340 g/mol. The summed E-state index contributed by atoms with van der Waals surface area (Å²) < 4.78 is 0. The van der Waals surface area contributed by atoms with Crippen LogP contribution in [-0.4, -0.2) is 45.1 Å².